The normalized spacial score (nSPS) is 21.2. The zero-order chi connectivity index (χ0) is 18.9. The smallest absolute Gasteiger partial charge is 0.0664 e. The van der Waals surface area contributed by atoms with Crippen LogP contribution in [0.5, 0.6) is 0 Å². The van der Waals surface area contributed by atoms with E-state index in [0.29, 0.717) is 5.92 Å². The van der Waals surface area contributed by atoms with Crippen LogP contribution in [0, 0.1) is 0 Å². The van der Waals surface area contributed by atoms with Gasteiger partial charge in [-0.3, -0.25) is 0 Å². The van der Waals surface area contributed by atoms with Crippen LogP contribution in [0.25, 0.3) is 0 Å². The standard InChI is InChI=1S/C25H26ClN/c1-25(27-2)22-12-6-3-10-20(22)17-19(21-11-5-7-13-23(21)25)16-15-18-9-4-8-14-24(18)26/h3-14,19,27H,15-17H2,1-2H3/t19-,25+/m0/s1. The average Bonchev–Trinajstić information content (AvgIpc) is 2.81. The minimum Gasteiger partial charge on any atom is -0.307 e. The van der Waals surface area contributed by atoms with E-state index in [-0.39, 0.29) is 5.54 Å². The summed E-state index contributed by atoms with van der Waals surface area (Å²) in [5.41, 5.74) is 6.74. The second-order valence-corrected chi connectivity index (χ2v) is 8.06. The van der Waals surface area contributed by atoms with E-state index < -0.39 is 0 Å². The maximum atomic E-state index is 6.41. The Morgan fingerprint density at radius 3 is 2.37 bits per heavy atom. The van der Waals surface area contributed by atoms with Gasteiger partial charge in [0.15, 0.2) is 0 Å². The Balaban J connectivity index is 1.77. The van der Waals surface area contributed by atoms with Gasteiger partial charge in [-0.1, -0.05) is 78.3 Å². The lowest BCUT2D eigenvalue weighted by molar-refractivity contribution is 0.481. The highest BCUT2D eigenvalue weighted by Crippen LogP contribution is 2.42. The third-order valence-electron chi connectivity index (χ3n) is 6.18. The Hall–Kier alpha value is -2.09. The van der Waals surface area contributed by atoms with Gasteiger partial charge in [0, 0.05) is 5.02 Å². The summed E-state index contributed by atoms with van der Waals surface area (Å²) in [7, 11) is 2.07. The third-order valence-corrected chi connectivity index (χ3v) is 6.55. The highest BCUT2D eigenvalue weighted by atomic mass is 35.5. The van der Waals surface area contributed by atoms with E-state index >= 15 is 0 Å². The number of fused-ring (bicyclic) bond motifs is 2. The van der Waals surface area contributed by atoms with Gasteiger partial charge < -0.3 is 5.32 Å². The van der Waals surface area contributed by atoms with Crippen molar-refractivity contribution in [2.75, 3.05) is 7.05 Å². The first-order valence-electron chi connectivity index (χ1n) is 9.73. The molecule has 0 bridgehead atoms. The Bertz CT molecular complexity index is 948. The summed E-state index contributed by atoms with van der Waals surface area (Å²) in [6, 6.07) is 26.0. The maximum Gasteiger partial charge on any atom is 0.0664 e. The fraction of sp³-hybridized carbons (Fsp3) is 0.280. The molecule has 0 unspecified atom stereocenters. The van der Waals surface area contributed by atoms with Gasteiger partial charge in [0.2, 0.25) is 0 Å². The molecule has 1 aliphatic carbocycles. The molecule has 0 saturated heterocycles. The van der Waals surface area contributed by atoms with Crippen molar-refractivity contribution in [2.45, 2.75) is 37.6 Å². The van der Waals surface area contributed by atoms with Crippen LogP contribution < -0.4 is 5.32 Å². The summed E-state index contributed by atoms with van der Waals surface area (Å²) >= 11 is 6.41. The lowest BCUT2D eigenvalue weighted by Gasteiger charge is -2.32. The highest BCUT2D eigenvalue weighted by Gasteiger charge is 2.36. The van der Waals surface area contributed by atoms with E-state index in [1.54, 1.807) is 0 Å². The molecule has 0 saturated carbocycles. The zero-order valence-electron chi connectivity index (χ0n) is 16.0. The highest BCUT2D eigenvalue weighted by molar-refractivity contribution is 6.31. The topological polar surface area (TPSA) is 12.0 Å². The SMILES string of the molecule is CN[C@]1(C)c2ccccc2C[C@H](CCc2ccccc2Cl)c2ccccc21. The van der Waals surface area contributed by atoms with Crippen LogP contribution in [0.3, 0.4) is 0 Å². The summed E-state index contributed by atoms with van der Waals surface area (Å²) in [5, 5.41) is 4.49. The van der Waals surface area contributed by atoms with Gasteiger partial charge in [0.25, 0.3) is 0 Å². The second kappa shape index (κ2) is 7.50. The second-order valence-electron chi connectivity index (χ2n) is 7.65. The quantitative estimate of drug-likeness (QED) is 0.581. The van der Waals surface area contributed by atoms with E-state index in [4.69, 9.17) is 11.6 Å². The molecule has 1 nitrogen and oxygen atoms in total. The minimum atomic E-state index is -0.174. The Kier molecular flexibility index (Phi) is 5.08. The number of benzene rings is 3. The Labute approximate surface area is 167 Å². The van der Waals surface area contributed by atoms with Crippen LogP contribution in [0.1, 0.15) is 47.1 Å². The van der Waals surface area contributed by atoms with Gasteiger partial charge in [-0.15, -0.1) is 0 Å². The number of halogens is 1. The molecule has 27 heavy (non-hydrogen) atoms. The summed E-state index contributed by atoms with van der Waals surface area (Å²) < 4.78 is 0. The zero-order valence-corrected chi connectivity index (χ0v) is 16.8. The first-order valence-corrected chi connectivity index (χ1v) is 10.1. The molecule has 0 aliphatic heterocycles. The average molecular weight is 376 g/mol. The van der Waals surface area contributed by atoms with Gasteiger partial charge in [-0.25, -0.2) is 0 Å². The number of nitrogens with one attached hydrogen (secondary N) is 1. The molecule has 0 heterocycles. The summed E-state index contributed by atoms with van der Waals surface area (Å²) in [5.74, 6) is 0.480. The molecular weight excluding hydrogens is 350 g/mol. The van der Waals surface area contributed by atoms with E-state index in [9.17, 15) is 0 Å². The van der Waals surface area contributed by atoms with E-state index in [0.717, 1.165) is 24.3 Å². The molecular formula is C25H26ClN. The molecule has 138 valence electrons. The Morgan fingerprint density at radius 2 is 1.59 bits per heavy atom. The number of hydrogen-bond acceptors (Lipinski definition) is 1. The van der Waals surface area contributed by atoms with Crippen molar-refractivity contribution in [1.29, 1.82) is 0 Å². The van der Waals surface area contributed by atoms with E-state index in [1.165, 1.54) is 27.8 Å². The van der Waals surface area contributed by atoms with Crippen molar-refractivity contribution in [3.8, 4) is 0 Å². The fourth-order valence-electron chi connectivity index (χ4n) is 4.57. The third kappa shape index (κ3) is 3.31. The first-order chi connectivity index (χ1) is 13.1. The predicted molar refractivity (Wildman–Crippen MR) is 115 cm³/mol. The summed E-state index contributed by atoms with van der Waals surface area (Å²) in [6.45, 7) is 2.31. The Morgan fingerprint density at radius 1 is 0.926 bits per heavy atom. The molecule has 0 aromatic heterocycles. The molecule has 0 amide bonds. The first kappa shape index (κ1) is 18.3. The molecule has 1 aliphatic rings. The van der Waals surface area contributed by atoms with E-state index in [1.807, 2.05) is 12.1 Å². The summed E-state index contributed by atoms with van der Waals surface area (Å²) in [4.78, 5) is 0. The largest absolute Gasteiger partial charge is 0.307 e. The lowest BCUT2D eigenvalue weighted by Crippen LogP contribution is -2.38. The molecule has 3 aromatic rings. The van der Waals surface area contributed by atoms with Crippen LogP contribution in [-0.4, -0.2) is 7.05 Å². The molecule has 1 N–H and O–H groups in total. The van der Waals surface area contributed by atoms with Gasteiger partial charge >= 0.3 is 0 Å². The molecule has 0 radical (unpaired) electrons. The van der Waals surface area contributed by atoms with Crippen LogP contribution in [0.2, 0.25) is 5.02 Å². The monoisotopic (exact) mass is 375 g/mol. The molecule has 4 rings (SSSR count). The van der Waals surface area contributed by atoms with Crippen molar-refractivity contribution in [3.63, 3.8) is 0 Å². The lowest BCUT2D eigenvalue weighted by atomic mass is 9.81. The molecule has 3 aromatic carbocycles. The van der Waals surface area contributed by atoms with Gasteiger partial charge in [0.1, 0.15) is 0 Å². The van der Waals surface area contributed by atoms with Crippen LogP contribution >= 0.6 is 11.6 Å². The molecule has 2 atom stereocenters. The number of hydrogen-bond donors (Lipinski definition) is 1. The summed E-state index contributed by atoms with van der Waals surface area (Å²) in [6.07, 6.45) is 3.15. The van der Waals surface area contributed by atoms with Crippen LogP contribution in [-0.2, 0) is 18.4 Å². The van der Waals surface area contributed by atoms with E-state index in [2.05, 4.69) is 80.0 Å². The number of rotatable bonds is 4. The maximum absolute atomic E-state index is 6.41. The molecule has 2 heteroatoms. The van der Waals surface area contributed by atoms with Gasteiger partial charge in [0.05, 0.1) is 5.54 Å². The van der Waals surface area contributed by atoms with Crippen molar-refractivity contribution in [2.24, 2.45) is 0 Å². The number of aryl methyl sites for hydroxylation is 1. The van der Waals surface area contributed by atoms with Crippen molar-refractivity contribution in [1.82, 2.24) is 5.32 Å². The van der Waals surface area contributed by atoms with Crippen molar-refractivity contribution in [3.05, 3.63) is 106 Å². The fourth-order valence-corrected chi connectivity index (χ4v) is 4.80. The van der Waals surface area contributed by atoms with Gasteiger partial charge in [-0.2, -0.15) is 0 Å². The minimum absolute atomic E-state index is 0.174. The van der Waals surface area contributed by atoms with Gasteiger partial charge in [-0.05, 0) is 73.0 Å². The van der Waals surface area contributed by atoms with Crippen LogP contribution in [0.15, 0.2) is 72.8 Å². The predicted octanol–water partition coefficient (Wildman–Crippen LogP) is 6.10. The van der Waals surface area contributed by atoms with Crippen molar-refractivity contribution >= 4 is 11.6 Å². The van der Waals surface area contributed by atoms with Crippen LogP contribution in [0.4, 0.5) is 0 Å². The molecule has 0 spiro atoms. The van der Waals surface area contributed by atoms with Crippen molar-refractivity contribution < 1.29 is 0 Å². The molecule has 0 fully saturated rings.